The lowest BCUT2D eigenvalue weighted by Crippen LogP contribution is -2.02. The fraction of sp³-hybridized carbons (Fsp3) is 0.222. The molecule has 0 heterocycles. The van der Waals surface area contributed by atoms with Crippen molar-refractivity contribution in [3.8, 4) is 0 Å². The summed E-state index contributed by atoms with van der Waals surface area (Å²) in [5, 5.41) is 9.59. The Kier molecular flexibility index (Phi) is 4.06. The average molecular weight is 252 g/mol. The van der Waals surface area contributed by atoms with Crippen molar-refractivity contribution in [3.05, 3.63) is 71.3 Å². The molecule has 0 saturated heterocycles. The Morgan fingerprint density at radius 3 is 2.74 bits per heavy atom. The van der Waals surface area contributed by atoms with Crippen LogP contribution >= 0.6 is 0 Å². The molecule has 0 bridgehead atoms. The van der Waals surface area contributed by atoms with E-state index in [-0.39, 0.29) is 5.76 Å². The van der Waals surface area contributed by atoms with Gasteiger partial charge in [0.05, 0.1) is 0 Å². The highest BCUT2D eigenvalue weighted by Gasteiger charge is 2.15. The number of allylic oxidation sites excluding steroid dienone is 5. The molecule has 1 nitrogen and oxygen atoms in total. The first-order chi connectivity index (χ1) is 9.13. The van der Waals surface area contributed by atoms with Gasteiger partial charge in [0, 0.05) is 11.5 Å². The van der Waals surface area contributed by atoms with E-state index in [4.69, 9.17) is 0 Å². The number of rotatable bonds is 2. The first kappa shape index (κ1) is 13.4. The van der Waals surface area contributed by atoms with Crippen molar-refractivity contribution in [2.24, 2.45) is 0 Å². The van der Waals surface area contributed by atoms with Gasteiger partial charge in [-0.05, 0) is 30.5 Å². The molecule has 1 aliphatic carbocycles. The van der Waals surface area contributed by atoms with E-state index in [1.54, 1.807) is 0 Å². The van der Waals surface area contributed by atoms with Gasteiger partial charge in [0.2, 0.25) is 0 Å². The quantitative estimate of drug-likeness (QED) is 0.714. The molecule has 0 amide bonds. The van der Waals surface area contributed by atoms with Crippen molar-refractivity contribution in [1.29, 1.82) is 0 Å². The maximum absolute atomic E-state index is 9.59. The maximum atomic E-state index is 9.59. The van der Waals surface area contributed by atoms with Crippen LogP contribution in [0, 0.1) is 0 Å². The molecule has 1 unspecified atom stereocenters. The lowest BCUT2D eigenvalue weighted by molar-refractivity contribution is 0.513. The van der Waals surface area contributed by atoms with Crippen molar-refractivity contribution in [2.75, 3.05) is 0 Å². The second-order valence-electron chi connectivity index (χ2n) is 4.91. The minimum absolute atomic E-state index is 0.126. The Morgan fingerprint density at radius 2 is 2.05 bits per heavy atom. The van der Waals surface area contributed by atoms with Gasteiger partial charge in [-0.3, -0.25) is 0 Å². The highest BCUT2D eigenvalue weighted by molar-refractivity contribution is 5.65. The topological polar surface area (TPSA) is 20.2 Å². The summed E-state index contributed by atoms with van der Waals surface area (Å²) in [7, 11) is 0. The van der Waals surface area contributed by atoms with Gasteiger partial charge < -0.3 is 5.11 Å². The van der Waals surface area contributed by atoms with E-state index in [1.165, 1.54) is 16.7 Å². The normalized spacial score (nSPS) is 22.4. The van der Waals surface area contributed by atoms with Crippen LogP contribution in [-0.2, 0) is 0 Å². The van der Waals surface area contributed by atoms with Crippen molar-refractivity contribution < 1.29 is 5.11 Å². The van der Waals surface area contributed by atoms with Crippen molar-refractivity contribution in [3.63, 3.8) is 0 Å². The zero-order valence-corrected chi connectivity index (χ0v) is 11.6. The molecule has 1 N–H and O–H groups in total. The molecule has 0 aromatic heterocycles. The second kappa shape index (κ2) is 5.75. The van der Waals surface area contributed by atoms with Gasteiger partial charge in [0.15, 0.2) is 0 Å². The molecule has 1 aliphatic rings. The summed E-state index contributed by atoms with van der Waals surface area (Å²) in [4.78, 5) is 0. The molecule has 0 radical (unpaired) electrons. The molecule has 0 saturated carbocycles. The molecule has 0 fully saturated rings. The molecule has 0 spiro atoms. The Labute approximate surface area is 115 Å². The van der Waals surface area contributed by atoms with E-state index in [0.29, 0.717) is 5.92 Å². The minimum atomic E-state index is 0.126. The Hall–Kier alpha value is -2.02. The third kappa shape index (κ3) is 2.87. The van der Waals surface area contributed by atoms with E-state index in [2.05, 4.69) is 50.8 Å². The summed E-state index contributed by atoms with van der Waals surface area (Å²) in [5.41, 5.74) is 4.59. The van der Waals surface area contributed by atoms with Crippen molar-refractivity contribution >= 4 is 11.8 Å². The number of aliphatic hydroxyl groups is 1. The highest BCUT2D eigenvalue weighted by Crippen LogP contribution is 2.33. The molecule has 19 heavy (non-hydrogen) atoms. The fourth-order valence-electron chi connectivity index (χ4n) is 2.54. The third-order valence-corrected chi connectivity index (χ3v) is 3.61. The first-order valence-corrected chi connectivity index (χ1v) is 6.67. The summed E-state index contributed by atoms with van der Waals surface area (Å²) in [6.45, 7) is 7.97. The van der Waals surface area contributed by atoms with E-state index in [0.717, 1.165) is 12.0 Å². The number of benzene rings is 1. The molecule has 0 aliphatic heterocycles. The molecule has 1 aromatic carbocycles. The molecule has 1 atom stereocenters. The van der Waals surface area contributed by atoms with E-state index >= 15 is 0 Å². The summed E-state index contributed by atoms with van der Waals surface area (Å²) in [6, 6.07) is 6.02. The zero-order valence-electron chi connectivity index (χ0n) is 11.6. The van der Waals surface area contributed by atoms with Gasteiger partial charge in [-0.15, -0.1) is 0 Å². The van der Waals surface area contributed by atoms with Crippen LogP contribution in [0.2, 0.25) is 0 Å². The molecular formula is C18H20O. The van der Waals surface area contributed by atoms with Crippen molar-refractivity contribution in [1.82, 2.24) is 0 Å². The Balaban J connectivity index is 2.62. The second-order valence-corrected chi connectivity index (χ2v) is 4.91. The summed E-state index contributed by atoms with van der Waals surface area (Å²) >= 11 is 0. The predicted octanol–water partition coefficient (Wildman–Crippen LogP) is 5.24. The maximum Gasteiger partial charge on any atom is 0.115 e. The molecule has 1 aromatic rings. The zero-order chi connectivity index (χ0) is 13.8. The molecule has 2 rings (SSSR count). The predicted molar refractivity (Wildman–Crippen MR) is 83.1 cm³/mol. The highest BCUT2D eigenvalue weighted by atomic mass is 16.3. The van der Waals surface area contributed by atoms with Gasteiger partial charge in [-0.2, -0.15) is 0 Å². The van der Waals surface area contributed by atoms with Gasteiger partial charge in [0.25, 0.3) is 0 Å². The van der Waals surface area contributed by atoms with Gasteiger partial charge in [-0.25, -0.2) is 0 Å². The van der Waals surface area contributed by atoms with Gasteiger partial charge in [0.1, 0.15) is 5.76 Å². The smallest absolute Gasteiger partial charge is 0.115 e. The first-order valence-electron chi connectivity index (χ1n) is 6.67. The van der Waals surface area contributed by atoms with Crippen LogP contribution in [0.5, 0.6) is 0 Å². The van der Waals surface area contributed by atoms with Crippen molar-refractivity contribution in [2.45, 2.75) is 26.2 Å². The van der Waals surface area contributed by atoms with Crippen LogP contribution in [0.4, 0.5) is 0 Å². The molecule has 98 valence electrons. The lowest BCUT2D eigenvalue weighted by atomic mass is 9.85. The summed E-state index contributed by atoms with van der Waals surface area (Å²) < 4.78 is 0. The Bertz CT molecular complexity index is 573. The van der Waals surface area contributed by atoms with E-state index < -0.39 is 0 Å². The summed E-state index contributed by atoms with van der Waals surface area (Å²) in [6.07, 6.45) is 11.5. The monoisotopic (exact) mass is 252 g/mol. The average Bonchev–Trinajstić information content (AvgIpc) is 2.46. The van der Waals surface area contributed by atoms with Gasteiger partial charge in [-0.1, -0.05) is 61.6 Å². The summed E-state index contributed by atoms with van der Waals surface area (Å²) in [5.74, 6) is 0.503. The molecule has 1 heteroatoms. The van der Waals surface area contributed by atoms with Crippen LogP contribution in [0.15, 0.2) is 54.7 Å². The van der Waals surface area contributed by atoms with Crippen LogP contribution in [-0.4, -0.2) is 5.11 Å². The fourth-order valence-corrected chi connectivity index (χ4v) is 2.54. The number of aliphatic hydroxyl groups excluding tert-OH is 1. The number of fused-ring (bicyclic) bond motifs is 1. The van der Waals surface area contributed by atoms with Crippen LogP contribution in [0.1, 0.15) is 42.9 Å². The van der Waals surface area contributed by atoms with Gasteiger partial charge >= 0.3 is 0 Å². The van der Waals surface area contributed by atoms with Crippen LogP contribution in [0.25, 0.3) is 11.8 Å². The SMILES string of the molecule is C=C(O)c1ccc2c(c1)C(CC)/C(C)=C/C=C\C=C2. The minimum Gasteiger partial charge on any atom is -0.508 e. The standard InChI is InChI=1S/C18H20O/c1-4-17-13(2)8-6-5-7-9-15-10-11-16(14(3)19)12-18(15)17/h5-12,17,19H,3-4H2,1-2H3/b6-5-,9-7?,13-8+. The largest absolute Gasteiger partial charge is 0.508 e. The van der Waals surface area contributed by atoms with E-state index in [9.17, 15) is 5.11 Å². The number of hydrogen-bond acceptors (Lipinski definition) is 1. The lowest BCUT2D eigenvalue weighted by Gasteiger charge is -2.19. The Morgan fingerprint density at radius 1 is 1.26 bits per heavy atom. The van der Waals surface area contributed by atoms with Crippen LogP contribution < -0.4 is 0 Å². The van der Waals surface area contributed by atoms with Crippen LogP contribution in [0.3, 0.4) is 0 Å². The number of hydrogen-bond donors (Lipinski definition) is 1. The van der Waals surface area contributed by atoms with E-state index in [1.807, 2.05) is 18.2 Å². The third-order valence-electron chi connectivity index (χ3n) is 3.61. The molecular weight excluding hydrogens is 232 g/mol.